The van der Waals surface area contributed by atoms with Crippen LogP contribution in [0.3, 0.4) is 0 Å². The first-order valence-electron chi connectivity index (χ1n) is 4.58. The zero-order chi connectivity index (χ0) is 11.3. The number of hydrogen-bond donors (Lipinski definition) is 1. The predicted octanol–water partition coefficient (Wildman–Crippen LogP) is 1.52. The zero-order valence-corrected chi connectivity index (χ0v) is 8.78. The Kier molecular flexibility index (Phi) is 3.75. The van der Waals surface area contributed by atoms with Crippen LogP contribution in [0, 0.1) is 19.0 Å². The third-order valence-electron chi connectivity index (χ3n) is 1.92. The first-order valence-corrected chi connectivity index (χ1v) is 4.58. The summed E-state index contributed by atoms with van der Waals surface area (Å²) >= 11 is 0. The van der Waals surface area contributed by atoms with Crippen molar-refractivity contribution in [3.63, 3.8) is 0 Å². The highest BCUT2D eigenvalue weighted by Crippen LogP contribution is 2.16. The number of nitrogens with two attached hydrogens (primary N) is 1. The summed E-state index contributed by atoms with van der Waals surface area (Å²) in [6, 6.07) is 7.41. The highest BCUT2D eigenvalue weighted by atomic mass is 16.5. The molecule has 0 radical (unpaired) electrons. The summed E-state index contributed by atoms with van der Waals surface area (Å²) in [7, 11) is 0. The molecule has 1 unspecified atom stereocenters. The van der Waals surface area contributed by atoms with Crippen molar-refractivity contribution in [1.29, 1.82) is 0 Å². The van der Waals surface area contributed by atoms with Crippen LogP contribution < -0.4 is 5.73 Å². The summed E-state index contributed by atoms with van der Waals surface area (Å²) < 4.78 is 5.04. The van der Waals surface area contributed by atoms with E-state index >= 15 is 0 Å². The minimum Gasteiger partial charge on any atom is -0.428 e. The lowest BCUT2D eigenvalue weighted by atomic mass is 10.1. The molecule has 0 aliphatic rings. The standard InChI is InChI=1S/C12H13NO2/c1-3-8-15-11(12(13)14)10-6-4-9(2)5-7-10/h4-7,11H,1-2H3,(H2,13,14). The number of amides is 1. The van der Waals surface area contributed by atoms with E-state index in [1.165, 1.54) is 0 Å². The Morgan fingerprint density at radius 3 is 2.47 bits per heavy atom. The van der Waals surface area contributed by atoms with E-state index in [0.717, 1.165) is 11.1 Å². The van der Waals surface area contributed by atoms with Gasteiger partial charge in [-0.3, -0.25) is 4.79 Å². The maximum absolute atomic E-state index is 11.1. The van der Waals surface area contributed by atoms with E-state index in [1.807, 2.05) is 31.2 Å². The quantitative estimate of drug-likeness (QED) is 0.757. The van der Waals surface area contributed by atoms with Gasteiger partial charge in [-0.25, -0.2) is 0 Å². The molecule has 0 fully saturated rings. The molecule has 1 aromatic carbocycles. The molecule has 1 rings (SSSR count). The van der Waals surface area contributed by atoms with Gasteiger partial charge in [0, 0.05) is 12.5 Å². The van der Waals surface area contributed by atoms with E-state index in [0.29, 0.717) is 0 Å². The lowest BCUT2D eigenvalue weighted by molar-refractivity contribution is -0.126. The molecule has 0 spiro atoms. The first-order chi connectivity index (χ1) is 7.15. The summed E-state index contributed by atoms with van der Waals surface area (Å²) in [6.07, 6.45) is 1.60. The smallest absolute Gasteiger partial charge is 0.264 e. The number of ether oxygens (including phenoxy) is 1. The van der Waals surface area contributed by atoms with Crippen LogP contribution in [0.1, 0.15) is 24.2 Å². The fourth-order valence-electron chi connectivity index (χ4n) is 1.15. The summed E-state index contributed by atoms with van der Waals surface area (Å²) in [5.74, 6) is 2.01. The highest BCUT2D eigenvalue weighted by Gasteiger charge is 2.18. The molecule has 0 bridgehead atoms. The number of benzene rings is 1. The van der Waals surface area contributed by atoms with E-state index in [4.69, 9.17) is 10.5 Å². The second kappa shape index (κ2) is 5.06. The maximum atomic E-state index is 11.1. The molecule has 2 N–H and O–H groups in total. The third-order valence-corrected chi connectivity index (χ3v) is 1.92. The minimum atomic E-state index is -0.793. The van der Waals surface area contributed by atoms with Gasteiger partial charge in [0.2, 0.25) is 6.10 Å². The third kappa shape index (κ3) is 3.03. The van der Waals surface area contributed by atoms with Crippen LogP contribution in [0.25, 0.3) is 0 Å². The molecular formula is C12H13NO2. The molecule has 0 saturated carbocycles. The van der Waals surface area contributed by atoms with Crippen LogP contribution in [0.15, 0.2) is 24.3 Å². The number of hydrogen-bond acceptors (Lipinski definition) is 2. The van der Waals surface area contributed by atoms with Crippen LogP contribution in [0.5, 0.6) is 0 Å². The normalized spacial score (nSPS) is 11.1. The topological polar surface area (TPSA) is 52.3 Å². The average Bonchev–Trinajstić information content (AvgIpc) is 2.21. The van der Waals surface area contributed by atoms with Gasteiger partial charge >= 0.3 is 0 Å². The van der Waals surface area contributed by atoms with Crippen LogP contribution in [-0.4, -0.2) is 5.91 Å². The molecule has 0 aromatic heterocycles. The molecular weight excluding hydrogens is 190 g/mol. The van der Waals surface area contributed by atoms with Gasteiger partial charge in [0.05, 0.1) is 0 Å². The van der Waals surface area contributed by atoms with Gasteiger partial charge in [-0.1, -0.05) is 35.7 Å². The second-order valence-electron chi connectivity index (χ2n) is 3.16. The van der Waals surface area contributed by atoms with Gasteiger partial charge < -0.3 is 10.5 Å². The Labute approximate surface area is 89.2 Å². The van der Waals surface area contributed by atoms with E-state index in [-0.39, 0.29) is 0 Å². The fourth-order valence-corrected chi connectivity index (χ4v) is 1.15. The average molecular weight is 203 g/mol. The highest BCUT2D eigenvalue weighted by molar-refractivity contribution is 5.80. The number of carbonyl (C=O) groups is 1. The van der Waals surface area contributed by atoms with Gasteiger partial charge in [-0.15, -0.1) is 0 Å². The molecule has 1 atom stereocenters. The minimum absolute atomic E-state index is 0.540. The van der Waals surface area contributed by atoms with E-state index in [9.17, 15) is 4.79 Å². The first kappa shape index (κ1) is 11.1. The number of rotatable bonds is 3. The van der Waals surface area contributed by atoms with Crippen molar-refractivity contribution in [2.45, 2.75) is 20.0 Å². The SMILES string of the molecule is CC#COC(C(N)=O)c1ccc(C)cc1. The lowest BCUT2D eigenvalue weighted by Gasteiger charge is -2.11. The number of aryl methyl sites for hydroxylation is 1. The predicted molar refractivity (Wildman–Crippen MR) is 57.6 cm³/mol. The molecule has 3 heteroatoms. The molecule has 3 nitrogen and oxygen atoms in total. The summed E-state index contributed by atoms with van der Waals surface area (Å²) in [6.45, 7) is 3.60. The Bertz CT molecular complexity index is 398. The Morgan fingerprint density at radius 2 is 2.00 bits per heavy atom. The van der Waals surface area contributed by atoms with E-state index < -0.39 is 12.0 Å². The molecule has 1 aromatic rings. The number of primary amides is 1. The van der Waals surface area contributed by atoms with Crippen molar-refractivity contribution in [1.82, 2.24) is 0 Å². The van der Waals surface area contributed by atoms with Gasteiger partial charge in [-0.2, -0.15) is 0 Å². The van der Waals surface area contributed by atoms with Crippen molar-refractivity contribution >= 4 is 5.91 Å². The largest absolute Gasteiger partial charge is 0.428 e. The van der Waals surface area contributed by atoms with E-state index in [2.05, 4.69) is 12.0 Å². The Balaban J connectivity index is 2.92. The van der Waals surface area contributed by atoms with Gasteiger partial charge in [-0.05, 0) is 6.92 Å². The summed E-state index contributed by atoms with van der Waals surface area (Å²) in [5, 5.41) is 0. The summed E-state index contributed by atoms with van der Waals surface area (Å²) in [5.41, 5.74) is 7.05. The molecule has 0 heterocycles. The van der Waals surface area contributed by atoms with Crippen LogP contribution in [-0.2, 0) is 9.53 Å². The number of carbonyl (C=O) groups excluding carboxylic acids is 1. The molecule has 0 aliphatic carbocycles. The van der Waals surface area contributed by atoms with Crippen molar-refractivity contribution in [2.75, 3.05) is 0 Å². The fraction of sp³-hybridized carbons (Fsp3) is 0.250. The van der Waals surface area contributed by atoms with Crippen molar-refractivity contribution in [3.8, 4) is 12.0 Å². The van der Waals surface area contributed by atoms with Crippen LogP contribution >= 0.6 is 0 Å². The van der Waals surface area contributed by atoms with Crippen molar-refractivity contribution in [2.24, 2.45) is 5.73 Å². The van der Waals surface area contributed by atoms with Gasteiger partial charge in [0.15, 0.2) is 0 Å². The molecule has 0 aliphatic heterocycles. The van der Waals surface area contributed by atoms with Crippen molar-refractivity contribution in [3.05, 3.63) is 35.4 Å². The second-order valence-corrected chi connectivity index (χ2v) is 3.16. The van der Waals surface area contributed by atoms with Gasteiger partial charge in [0.1, 0.15) is 6.11 Å². The van der Waals surface area contributed by atoms with Crippen molar-refractivity contribution < 1.29 is 9.53 Å². The Morgan fingerprint density at radius 1 is 1.40 bits per heavy atom. The molecule has 78 valence electrons. The van der Waals surface area contributed by atoms with Crippen LogP contribution in [0.4, 0.5) is 0 Å². The van der Waals surface area contributed by atoms with E-state index in [1.54, 1.807) is 6.92 Å². The zero-order valence-electron chi connectivity index (χ0n) is 8.78. The maximum Gasteiger partial charge on any atom is 0.264 e. The molecule has 15 heavy (non-hydrogen) atoms. The lowest BCUT2D eigenvalue weighted by Crippen LogP contribution is -2.22. The molecule has 1 amide bonds. The Hall–Kier alpha value is -1.95. The monoisotopic (exact) mass is 203 g/mol. The van der Waals surface area contributed by atoms with Crippen LogP contribution in [0.2, 0.25) is 0 Å². The molecule has 0 saturated heterocycles. The summed E-state index contributed by atoms with van der Waals surface area (Å²) in [4.78, 5) is 11.1. The van der Waals surface area contributed by atoms with Gasteiger partial charge in [0.25, 0.3) is 5.91 Å².